The second-order valence-corrected chi connectivity index (χ2v) is 4.87. The Morgan fingerprint density at radius 3 is 2.41 bits per heavy atom. The molecule has 0 bridgehead atoms. The van der Waals surface area contributed by atoms with Crippen molar-refractivity contribution < 1.29 is 4.74 Å². The summed E-state index contributed by atoms with van der Waals surface area (Å²) in [6, 6.07) is 17.4. The normalized spacial score (nSPS) is 10.0. The lowest BCUT2D eigenvalue weighted by Crippen LogP contribution is -1.92. The van der Waals surface area contributed by atoms with E-state index in [4.69, 9.17) is 21.6 Å². The van der Waals surface area contributed by atoms with Crippen molar-refractivity contribution in [2.75, 3.05) is 0 Å². The summed E-state index contributed by atoms with van der Waals surface area (Å²) in [6.07, 6.45) is 2.74. The number of hydrogen-bond acceptors (Lipinski definition) is 4. The molecule has 5 heteroatoms. The molecule has 0 aliphatic heterocycles. The molecule has 3 rings (SSSR count). The Labute approximate surface area is 132 Å². The minimum Gasteiger partial charge on any atom is -0.436 e. The molecule has 0 atom stereocenters. The largest absolute Gasteiger partial charge is 0.436 e. The average Bonchev–Trinajstić information content (AvgIpc) is 2.58. The highest BCUT2D eigenvalue weighted by Gasteiger charge is 2.07. The first-order valence-corrected chi connectivity index (χ1v) is 6.89. The standard InChI is InChI=1S/C17H10ClN3O/c18-15-8-13(12-4-2-1-3-5-12)6-7-16(15)22-17-11-20-14(9-19)10-21-17/h1-8,10-11H. The Kier molecular flexibility index (Phi) is 3.99. The summed E-state index contributed by atoms with van der Waals surface area (Å²) in [7, 11) is 0. The summed E-state index contributed by atoms with van der Waals surface area (Å²) in [6.45, 7) is 0. The molecular formula is C17H10ClN3O. The molecule has 0 radical (unpaired) electrons. The first-order chi connectivity index (χ1) is 10.8. The summed E-state index contributed by atoms with van der Waals surface area (Å²) in [5.41, 5.74) is 2.32. The molecular weight excluding hydrogens is 298 g/mol. The Balaban J connectivity index is 1.85. The van der Waals surface area contributed by atoms with Gasteiger partial charge in [-0.05, 0) is 23.3 Å². The van der Waals surface area contributed by atoms with Gasteiger partial charge in [0, 0.05) is 0 Å². The average molecular weight is 308 g/mol. The van der Waals surface area contributed by atoms with Crippen molar-refractivity contribution in [3.8, 4) is 28.8 Å². The number of nitrogens with zero attached hydrogens (tertiary/aromatic N) is 3. The van der Waals surface area contributed by atoms with Crippen molar-refractivity contribution in [1.29, 1.82) is 5.26 Å². The summed E-state index contributed by atoms with van der Waals surface area (Å²) in [5, 5.41) is 9.17. The number of nitriles is 1. The SMILES string of the molecule is N#Cc1cnc(Oc2ccc(-c3ccccc3)cc2Cl)cn1. The highest BCUT2D eigenvalue weighted by molar-refractivity contribution is 6.32. The van der Waals surface area contributed by atoms with Gasteiger partial charge in [-0.2, -0.15) is 5.26 Å². The third kappa shape index (κ3) is 3.05. The van der Waals surface area contributed by atoms with Crippen molar-refractivity contribution in [3.05, 3.63) is 71.6 Å². The second-order valence-electron chi connectivity index (χ2n) is 4.46. The fraction of sp³-hybridized carbons (Fsp3) is 0. The van der Waals surface area contributed by atoms with E-state index >= 15 is 0 Å². The molecule has 0 aliphatic rings. The Bertz CT molecular complexity index is 827. The zero-order chi connectivity index (χ0) is 15.4. The van der Waals surface area contributed by atoms with Gasteiger partial charge in [0.15, 0.2) is 5.69 Å². The molecule has 0 aliphatic carbocycles. The van der Waals surface area contributed by atoms with Crippen molar-refractivity contribution in [2.45, 2.75) is 0 Å². The highest BCUT2D eigenvalue weighted by Crippen LogP contribution is 2.32. The van der Waals surface area contributed by atoms with E-state index in [-0.39, 0.29) is 11.6 Å². The lowest BCUT2D eigenvalue weighted by Gasteiger charge is -2.08. The summed E-state index contributed by atoms with van der Waals surface area (Å²) in [4.78, 5) is 7.90. The van der Waals surface area contributed by atoms with Crippen molar-refractivity contribution >= 4 is 11.6 Å². The van der Waals surface area contributed by atoms with Gasteiger partial charge in [-0.3, -0.25) is 0 Å². The van der Waals surface area contributed by atoms with E-state index in [2.05, 4.69) is 9.97 Å². The van der Waals surface area contributed by atoms with Crippen LogP contribution >= 0.6 is 11.6 Å². The van der Waals surface area contributed by atoms with Crippen LogP contribution in [-0.2, 0) is 0 Å². The van der Waals surface area contributed by atoms with E-state index in [1.54, 1.807) is 6.07 Å². The van der Waals surface area contributed by atoms with E-state index in [1.165, 1.54) is 12.4 Å². The fourth-order valence-corrected chi connectivity index (χ4v) is 2.15. The summed E-state index contributed by atoms with van der Waals surface area (Å²) < 4.78 is 5.58. The number of rotatable bonds is 3. The van der Waals surface area contributed by atoms with Crippen molar-refractivity contribution in [2.24, 2.45) is 0 Å². The van der Waals surface area contributed by atoms with Crippen LogP contribution in [0.3, 0.4) is 0 Å². The van der Waals surface area contributed by atoms with Gasteiger partial charge in [-0.15, -0.1) is 0 Å². The molecule has 3 aromatic rings. The van der Waals surface area contributed by atoms with Crippen molar-refractivity contribution in [1.82, 2.24) is 9.97 Å². The van der Waals surface area contributed by atoms with Gasteiger partial charge in [0.2, 0.25) is 5.88 Å². The van der Waals surface area contributed by atoms with Gasteiger partial charge in [-0.25, -0.2) is 9.97 Å². The van der Waals surface area contributed by atoms with Gasteiger partial charge in [0.1, 0.15) is 11.8 Å². The number of hydrogen-bond donors (Lipinski definition) is 0. The van der Waals surface area contributed by atoms with Crippen LogP contribution < -0.4 is 4.74 Å². The lowest BCUT2D eigenvalue weighted by atomic mass is 10.1. The molecule has 0 spiro atoms. The molecule has 22 heavy (non-hydrogen) atoms. The van der Waals surface area contributed by atoms with E-state index < -0.39 is 0 Å². The predicted octanol–water partition coefficient (Wildman–Crippen LogP) is 4.46. The second kappa shape index (κ2) is 6.25. The number of aromatic nitrogens is 2. The Morgan fingerprint density at radius 1 is 0.955 bits per heavy atom. The molecule has 1 heterocycles. The molecule has 0 amide bonds. The highest BCUT2D eigenvalue weighted by atomic mass is 35.5. The predicted molar refractivity (Wildman–Crippen MR) is 83.7 cm³/mol. The molecule has 0 N–H and O–H groups in total. The molecule has 2 aromatic carbocycles. The smallest absolute Gasteiger partial charge is 0.237 e. The molecule has 0 unspecified atom stereocenters. The van der Waals surface area contributed by atoms with E-state index in [1.807, 2.05) is 48.5 Å². The summed E-state index contributed by atoms with van der Waals surface area (Å²) >= 11 is 6.26. The Hall–Kier alpha value is -2.90. The number of ether oxygens (including phenoxy) is 1. The molecule has 0 saturated heterocycles. The number of benzene rings is 2. The van der Waals surface area contributed by atoms with Crippen LogP contribution in [0.5, 0.6) is 11.6 Å². The minimum atomic E-state index is 0.234. The Morgan fingerprint density at radius 2 is 1.77 bits per heavy atom. The van der Waals surface area contributed by atoms with Gasteiger partial charge < -0.3 is 4.74 Å². The molecule has 4 nitrogen and oxygen atoms in total. The maximum absolute atomic E-state index is 8.69. The molecule has 1 aromatic heterocycles. The van der Waals surface area contributed by atoms with Gasteiger partial charge >= 0.3 is 0 Å². The van der Waals surface area contributed by atoms with E-state index in [0.29, 0.717) is 10.8 Å². The zero-order valence-corrected chi connectivity index (χ0v) is 12.2. The molecule has 0 saturated carbocycles. The van der Waals surface area contributed by atoms with Gasteiger partial charge in [0.25, 0.3) is 0 Å². The molecule has 0 fully saturated rings. The quantitative estimate of drug-likeness (QED) is 0.716. The third-order valence-electron chi connectivity index (χ3n) is 3.00. The van der Waals surface area contributed by atoms with Crippen LogP contribution in [-0.4, -0.2) is 9.97 Å². The maximum atomic E-state index is 8.69. The first kappa shape index (κ1) is 14.1. The van der Waals surface area contributed by atoms with Crippen LogP contribution in [0.1, 0.15) is 5.69 Å². The first-order valence-electron chi connectivity index (χ1n) is 6.51. The monoisotopic (exact) mass is 307 g/mol. The van der Waals surface area contributed by atoms with Crippen LogP contribution in [0.15, 0.2) is 60.9 Å². The maximum Gasteiger partial charge on any atom is 0.237 e. The van der Waals surface area contributed by atoms with Crippen molar-refractivity contribution in [3.63, 3.8) is 0 Å². The summed E-state index contributed by atoms with van der Waals surface area (Å²) in [5.74, 6) is 0.772. The fourth-order valence-electron chi connectivity index (χ4n) is 1.93. The third-order valence-corrected chi connectivity index (χ3v) is 3.29. The van der Waals surface area contributed by atoms with E-state index in [0.717, 1.165) is 11.1 Å². The van der Waals surface area contributed by atoms with Crippen LogP contribution in [0.25, 0.3) is 11.1 Å². The molecule has 106 valence electrons. The number of halogens is 1. The zero-order valence-electron chi connectivity index (χ0n) is 11.4. The van der Waals surface area contributed by atoms with E-state index in [9.17, 15) is 0 Å². The topological polar surface area (TPSA) is 58.8 Å². The van der Waals surface area contributed by atoms with Crippen LogP contribution in [0.4, 0.5) is 0 Å². The van der Waals surface area contributed by atoms with Gasteiger partial charge in [-0.1, -0.05) is 48.0 Å². The van der Waals surface area contributed by atoms with Crippen LogP contribution in [0.2, 0.25) is 5.02 Å². The minimum absolute atomic E-state index is 0.234. The lowest BCUT2D eigenvalue weighted by molar-refractivity contribution is 0.460. The van der Waals surface area contributed by atoms with Gasteiger partial charge in [0.05, 0.1) is 17.4 Å². The van der Waals surface area contributed by atoms with Crippen LogP contribution in [0, 0.1) is 11.3 Å².